The predicted molar refractivity (Wildman–Crippen MR) is 296 cm³/mol. The quantitative estimate of drug-likeness (QED) is 0.147. The highest BCUT2D eigenvalue weighted by molar-refractivity contribution is 6.14. The SMILES string of the molecule is N#Cc1cccc(-c2ccc3c4ccc(-c5cccc(C#N)c5)cc4n(-c4cc(C#N)c(-c5ccc(C(F)(F)F)cc5C(F)(F)F)cc4-n4c5cc(-c6cccc(C#N)c6)ccc5c5ccc(-c6cccc(C#N)c6)cc54)c3c2)c1. The smallest absolute Gasteiger partial charge is 0.307 e. The number of alkyl halides is 6. The van der Waals surface area contributed by atoms with Gasteiger partial charge in [0.15, 0.2) is 0 Å². The van der Waals surface area contributed by atoms with E-state index in [4.69, 9.17) is 0 Å². The molecule has 2 heterocycles. The Hall–Kier alpha value is -11.2. The van der Waals surface area contributed by atoms with Gasteiger partial charge in [-0.3, -0.25) is 0 Å². The van der Waals surface area contributed by atoms with Crippen LogP contribution < -0.4 is 0 Å². The first-order valence-electron chi connectivity index (χ1n) is 24.7. The number of benzene rings is 10. The van der Waals surface area contributed by atoms with E-state index in [1.807, 2.05) is 106 Å². The van der Waals surface area contributed by atoms with Crippen molar-refractivity contribution in [3.63, 3.8) is 0 Å². The summed E-state index contributed by atoms with van der Waals surface area (Å²) in [4.78, 5) is 0. The van der Waals surface area contributed by atoms with E-state index in [9.17, 15) is 39.5 Å². The fourth-order valence-electron chi connectivity index (χ4n) is 10.8. The maximum absolute atomic E-state index is 15.4. The van der Waals surface area contributed by atoms with E-state index in [0.717, 1.165) is 16.8 Å². The lowest BCUT2D eigenvalue weighted by molar-refractivity contribution is -0.142. The third kappa shape index (κ3) is 8.57. The van der Waals surface area contributed by atoms with Crippen molar-refractivity contribution in [2.24, 2.45) is 0 Å². The summed E-state index contributed by atoms with van der Waals surface area (Å²) < 4.78 is 92.9. The second kappa shape index (κ2) is 19.1. The van der Waals surface area contributed by atoms with Gasteiger partial charge in [0.25, 0.3) is 0 Å². The minimum absolute atomic E-state index is 0.0619. The molecule has 0 aliphatic carbocycles. The van der Waals surface area contributed by atoms with Gasteiger partial charge in [-0.15, -0.1) is 0 Å². The first-order chi connectivity index (χ1) is 38.7. The Balaban J connectivity index is 1.28. The molecule has 0 bridgehead atoms. The Morgan fingerprint density at radius 3 is 0.950 bits per heavy atom. The molecule has 0 fully saturated rings. The van der Waals surface area contributed by atoms with Crippen LogP contribution in [0.4, 0.5) is 26.3 Å². The molecule has 2 aromatic heterocycles. The molecule has 0 amide bonds. The molecule has 0 spiro atoms. The maximum atomic E-state index is 15.4. The summed E-state index contributed by atoms with van der Waals surface area (Å²) in [6, 6.07) is 66.2. The molecule has 7 nitrogen and oxygen atoms in total. The van der Waals surface area contributed by atoms with Crippen molar-refractivity contribution in [3.05, 3.63) is 239 Å². The summed E-state index contributed by atoms with van der Waals surface area (Å²) >= 11 is 0. The average molecular weight is 1050 g/mol. The highest BCUT2D eigenvalue weighted by Crippen LogP contribution is 2.47. The van der Waals surface area contributed by atoms with E-state index in [1.165, 1.54) is 12.1 Å². The largest absolute Gasteiger partial charge is 0.417 e. The normalized spacial score (nSPS) is 11.6. The zero-order valence-corrected chi connectivity index (χ0v) is 41.5. The summed E-state index contributed by atoms with van der Waals surface area (Å²) in [5.74, 6) is 0. The van der Waals surface area contributed by atoms with Gasteiger partial charge in [0.2, 0.25) is 0 Å². The van der Waals surface area contributed by atoms with Gasteiger partial charge in [0, 0.05) is 27.1 Å². The number of fused-ring (bicyclic) bond motifs is 6. The number of nitriles is 5. The van der Waals surface area contributed by atoms with Crippen LogP contribution in [0.2, 0.25) is 0 Å². The molecule has 10 aromatic carbocycles. The Kier molecular flexibility index (Phi) is 11.9. The summed E-state index contributed by atoms with van der Waals surface area (Å²) in [5.41, 5.74) is 5.46. The van der Waals surface area contributed by atoms with E-state index < -0.39 is 29.0 Å². The second-order valence-corrected chi connectivity index (χ2v) is 19.1. The third-order valence-corrected chi connectivity index (χ3v) is 14.5. The highest BCUT2D eigenvalue weighted by Gasteiger charge is 2.39. The molecule has 0 N–H and O–H groups in total. The minimum atomic E-state index is -5.32. The van der Waals surface area contributed by atoms with Gasteiger partial charge in [-0.05, 0) is 147 Å². The molecule has 0 radical (unpaired) electrons. The van der Waals surface area contributed by atoms with Crippen LogP contribution in [0, 0.1) is 56.7 Å². The lowest BCUT2D eigenvalue weighted by Gasteiger charge is -2.22. The molecule has 12 aromatic rings. The topological polar surface area (TPSA) is 129 Å². The molecule has 0 atom stereocenters. The Morgan fingerprint density at radius 2 is 0.637 bits per heavy atom. The van der Waals surface area contributed by atoms with Crippen LogP contribution in [0.1, 0.15) is 38.9 Å². The van der Waals surface area contributed by atoms with Gasteiger partial charge in [-0.1, -0.05) is 103 Å². The van der Waals surface area contributed by atoms with Gasteiger partial charge < -0.3 is 9.13 Å². The predicted octanol–water partition coefficient (Wildman–Crippen LogP) is 17.6. The van der Waals surface area contributed by atoms with Crippen molar-refractivity contribution in [2.45, 2.75) is 12.4 Å². The minimum Gasteiger partial charge on any atom is -0.307 e. The maximum Gasteiger partial charge on any atom is 0.417 e. The molecule has 12 rings (SSSR count). The summed E-state index contributed by atoms with van der Waals surface area (Å²) in [6.45, 7) is 0. The van der Waals surface area contributed by atoms with E-state index in [1.54, 1.807) is 72.8 Å². The standard InChI is InChI=1S/C67H33F6N7/c68-66(69,70)52-17-22-53(59(32-52)67(71,72)73)58-33-65(80-62-29-49(45-11-3-7-41(25-45)36-76)15-20-56(62)57-21-16-50(30-63(57)80)46-12-4-8-42(26-46)37-77)64(31-51(58)38-78)79-60-27-47(43-9-1-5-39(23-43)34-74)13-18-54(60)55-19-14-48(28-61(55)79)44-10-2-6-40(24-44)35-75/h1-33H. The zero-order chi connectivity index (χ0) is 55.6. The van der Waals surface area contributed by atoms with Crippen LogP contribution in [0.5, 0.6) is 0 Å². The number of aromatic nitrogens is 2. The monoisotopic (exact) mass is 1050 g/mol. The Morgan fingerprint density at radius 1 is 0.300 bits per heavy atom. The molecular weight excluding hydrogens is 1020 g/mol. The summed E-state index contributed by atoms with van der Waals surface area (Å²) in [5, 5.41) is 53.8. The lowest BCUT2D eigenvalue weighted by atomic mass is 9.92. The molecule has 0 aliphatic heterocycles. The van der Waals surface area contributed by atoms with E-state index in [0.29, 0.717) is 106 Å². The average Bonchev–Trinajstić information content (AvgIpc) is 4.14. The van der Waals surface area contributed by atoms with Crippen molar-refractivity contribution in [1.82, 2.24) is 9.13 Å². The van der Waals surface area contributed by atoms with Crippen LogP contribution >= 0.6 is 0 Å². The van der Waals surface area contributed by atoms with Crippen molar-refractivity contribution in [3.8, 4) is 97.4 Å². The van der Waals surface area contributed by atoms with Crippen LogP contribution in [0.15, 0.2) is 200 Å². The van der Waals surface area contributed by atoms with Gasteiger partial charge >= 0.3 is 12.4 Å². The van der Waals surface area contributed by atoms with Crippen molar-refractivity contribution >= 4 is 43.6 Å². The Labute approximate surface area is 452 Å². The van der Waals surface area contributed by atoms with Gasteiger partial charge in [0.05, 0.1) is 103 Å². The number of halogens is 6. The van der Waals surface area contributed by atoms with Gasteiger partial charge in [-0.2, -0.15) is 52.7 Å². The zero-order valence-electron chi connectivity index (χ0n) is 41.5. The van der Waals surface area contributed by atoms with Gasteiger partial charge in [-0.25, -0.2) is 0 Å². The highest BCUT2D eigenvalue weighted by atomic mass is 19.4. The number of nitrogens with zero attached hydrogens (tertiary/aromatic N) is 7. The molecule has 0 aliphatic rings. The van der Waals surface area contributed by atoms with Crippen LogP contribution in [-0.4, -0.2) is 9.13 Å². The molecule has 0 saturated carbocycles. The van der Waals surface area contributed by atoms with Crippen LogP contribution in [-0.2, 0) is 12.4 Å². The Bertz CT molecular complexity index is 4600. The van der Waals surface area contributed by atoms with E-state index >= 15 is 13.2 Å². The fraction of sp³-hybridized carbons (Fsp3) is 0.0299. The van der Waals surface area contributed by atoms with Crippen LogP contribution in [0.3, 0.4) is 0 Å². The van der Waals surface area contributed by atoms with Crippen molar-refractivity contribution in [1.29, 1.82) is 26.3 Å². The third-order valence-electron chi connectivity index (χ3n) is 14.5. The molecule has 0 unspecified atom stereocenters. The van der Waals surface area contributed by atoms with Crippen molar-refractivity contribution < 1.29 is 26.3 Å². The molecule has 80 heavy (non-hydrogen) atoms. The summed E-state index contributed by atoms with van der Waals surface area (Å²) in [6.07, 6.45) is -10.5. The number of hydrogen-bond donors (Lipinski definition) is 0. The molecule has 13 heteroatoms. The van der Waals surface area contributed by atoms with E-state index in [-0.39, 0.29) is 28.6 Å². The van der Waals surface area contributed by atoms with Gasteiger partial charge in [0.1, 0.15) is 0 Å². The molecular formula is C67H33F6N7. The molecule has 378 valence electrons. The molecule has 0 saturated heterocycles. The summed E-state index contributed by atoms with van der Waals surface area (Å²) in [7, 11) is 0. The lowest BCUT2D eigenvalue weighted by Crippen LogP contribution is -2.13. The first-order valence-corrected chi connectivity index (χ1v) is 24.7. The van der Waals surface area contributed by atoms with Crippen molar-refractivity contribution in [2.75, 3.05) is 0 Å². The second-order valence-electron chi connectivity index (χ2n) is 19.1. The number of hydrogen-bond acceptors (Lipinski definition) is 5. The van der Waals surface area contributed by atoms with Crippen LogP contribution in [0.25, 0.3) is 111 Å². The number of rotatable bonds is 7. The fourth-order valence-corrected chi connectivity index (χ4v) is 10.8. The van der Waals surface area contributed by atoms with E-state index in [2.05, 4.69) is 30.3 Å². The first kappa shape index (κ1) is 49.7.